The minimum absolute atomic E-state index is 0.0112. The van der Waals surface area contributed by atoms with E-state index >= 15 is 0 Å². The lowest BCUT2D eigenvalue weighted by molar-refractivity contribution is -0.312. The highest BCUT2D eigenvalue weighted by Gasteiger charge is 2.68. The molecule has 3 rings (SSSR count). The Morgan fingerprint density at radius 2 is 2.04 bits per heavy atom. The molecular weight excluding hydrogens is 333 g/mol. The van der Waals surface area contributed by atoms with Gasteiger partial charge in [0, 0.05) is 5.71 Å². The van der Waals surface area contributed by atoms with Crippen molar-refractivity contribution in [3.05, 3.63) is 34.9 Å². The van der Waals surface area contributed by atoms with Crippen molar-refractivity contribution >= 4 is 23.2 Å². The Hall–Kier alpha value is -1.60. The maximum atomic E-state index is 13.6. The Kier molecular flexibility index (Phi) is 3.88. The summed E-state index contributed by atoms with van der Waals surface area (Å²) in [5.74, 6) is -2.28. The minimum atomic E-state index is -5.02. The van der Waals surface area contributed by atoms with Gasteiger partial charge in [-0.05, 0) is 31.4 Å². The Bertz CT molecular complexity index is 677. The lowest BCUT2D eigenvalue weighted by Crippen LogP contribution is -2.61. The van der Waals surface area contributed by atoms with Crippen molar-refractivity contribution in [3.63, 3.8) is 0 Å². The first-order valence-electron chi connectivity index (χ1n) is 7.22. The molecule has 0 aromatic heterocycles. The summed E-state index contributed by atoms with van der Waals surface area (Å²) in [5.41, 5.74) is -3.23. The van der Waals surface area contributed by atoms with Crippen LogP contribution >= 0.6 is 11.6 Å². The quantitative estimate of drug-likeness (QED) is 0.844. The van der Waals surface area contributed by atoms with Gasteiger partial charge in [0.25, 0.3) is 11.6 Å². The fourth-order valence-electron chi connectivity index (χ4n) is 3.17. The van der Waals surface area contributed by atoms with Gasteiger partial charge in [0.15, 0.2) is 0 Å². The summed E-state index contributed by atoms with van der Waals surface area (Å²) in [4.78, 5) is 12.5. The molecule has 0 spiro atoms. The zero-order valence-electron chi connectivity index (χ0n) is 12.0. The van der Waals surface area contributed by atoms with E-state index in [0.717, 1.165) is 0 Å². The van der Waals surface area contributed by atoms with Crippen LogP contribution in [0, 0.1) is 5.92 Å². The van der Waals surface area contributed by atoms with Gasteiger partial charge >= 0.3 is 6.18 Å². The van der Waals surface area contributed by atoms with Gasteiger partial charge in [-0.25, -0.2) is 0 Å². The molecule has 1 aromatic rings. The molecule has 2 atom stereocenters. The predicted molar refractivity (Wildman–Crippen MR) is 78.0 cm³/mol. The van der Waals surface area contributed by atoms with Crippen LogP contribution in [-0.2, 0) is 0 Å². The molecule has 23 heavy (non-hydrogen) atoms. The standard InChI is InChI=1S/C15H14ClF3N2O2/c16-11-7-3-1-5-9(11)13(22)21-14(23,15(17,18)19)10-6-2-4-8-12(10)20-21/h1,3,5,7,10,23H,2,4,6,8H2/t10-,14-/m1/s1. The number of hydrogen-bond donors (Lipinski definition) is 1. The zero-order chi connectivity index (χ0) is 16.8. The average Bonchev–Trinajstić information content (AvgIpc) is 2.82. The van der Waals surface area contributed by atoms with Crippen LogP contribution < -0.4 is 0 Å². The number of alkyl halides is 3. The normalized spacial score (nSPS) is 27.6. The fraction of sp³-hybridized carbons (Fsp3) is 0.467. The van der Waals surface area contributed by atoms with E-state index in [4.69, 9.17) is 11.6 Å². The second kappa shape index (κ2) is 5.49. The molecule has 0 saturated heterocycles. The minimum Gasteiger partial charge on any atom is -0.362 e. The monoisotopic (exact) mass is 346 g/mol. The number of rotatable bonds is 1. The number of benzene rings is 1. The molecule has 0 radical (unpaired) electrons. The van der Waals surface area contributed by atoms with Crippen molar-refractivity contribution < 1.29 is 23.1 Å². The van der Waals surface area contributed by atoms with Crippen molar-refractivity contribution in [2.75, 3.05) is 0 Å². The SMILES string of the molecule is O=C(c1ccccc1Cl)N1N=C2CCCC[C@H]2[C@@]1(O)C(F)(F)F. The molecule has 1 aliphatic carbocycles. The third-order valence-corrected chi connectivity index (χ3v) is 4.66. The first-order valence-corrected chi connectivity index (χ1v) is 7.60. The Balaban J connectivity index is 2.07. The second-order valence-corrected chi connectivity index (χ2v) is 6.12. The molecular formula is C15H14ClF3N2O2. The largest absolute Gasteiger partial charge is 0.439 e. The van der Waals surface area contributed by atoms with E-state index in [2.05, 4.69) is 5.10 Å². The van der Waals surface area contributed by atoms with Gasteiger partial charge in [-0.1, -0.05) is 30.2 Å². The number of carbonyl (C=O) groups is 1. The maximum Gasteiger partial charge on any atom is 0.439 e. The number of halogens is 4. The van der Waals surface area contributed by atoms with Gasteiger partial charge in [0.05, 0.1) is 16.5 Å². The van der Waals surface area contributed by atoms with Crippen LogP contribution in [0.2, 0.25) is 5.02 Å². The number of fused-ring (bicyclic) bond motifs is 1. The molecule has 1 N–H and O–H groups in total. The summed E-state index contributed by atoms with van der Waals surface area (Å²) in [6.07, 6.45) is -3.29. The van der Waals surface area contributed by atoms with Crippen LogP contribution in [0.3, 0.4) is 0 Å². The number of hydrazone groups is 1. The summed E-state index contributed by atoms with van der Waals surface area (Å²) in [6, 6.07) is 5.76. The van der Waals surface area contributed by atoms with E-state index in [1.807, 2.05) is 0 Å². The van der Waals surface area contributed by atoms with Crippen LogP contribution in [0.1, 0.15) is 36.0 Å². The molecule has 1 saturated carbocycles. The molecule has 0 bridgehead atoms. The highest BCUT2D eigenvalue weighted by Crippen LogP contribution is 2.48. The lowest BCUT2D eigenvalue weighted by Gasteiger charge is -2.38. The Labute approximate surface area is 135 Å². The molecule has 8 heteroatoms. The lowest BCUT2D eigenvalue weighted by atomic mass is 9.80. The van der Waals surface area contributed by atoms with Crippen molar-refractivity contribution in [2.24, 2.45) is 11.0 Å². The van der Waals surface area contributed by atoms with Gasteiger partial charge in [0.1, 0.15) is 0 Å². The van der Waals surface area contributed by atoms with Gasteiger partial charge in [-0.3, -0.25) is 4.79 Å². The Morgan fingerprint density at radius 1 is 1.35 bits per heavy atom. The first kappa shape index (κ1) is 16.3. The molecule has 1 aromatic carbocycles. The average molecular weight is 347 g/mol. The van der Waals surface area contributed by atoms with Crippen molar-refractivity contribution in [1.82, 2.24) is 5.01 Å². The molecule has 1 aliphatic heterocycles. The van der Waals surface area contributed by atoms with E-state index in [1.54, 1.807) is 6.07 Å². The number of amides is 1. The zero-order valence-corrected chi connectivity index (χ0v) is 12.7. The van der Waals surface area contributed by atoms with Crippen molar-refractivity contribution in [3.8, 4) is 0 Å². The van der Waals surface area contributed by atoms with Gasteiger partial charge < -0.3 is 5.11 Å². The summed E-state index contributed by atoms with van der Waals surface area (Å²) >= 11 is 5.90. The summed E-state index contributed by atoms with van der Waals surface area (Å²) in [7, 11) is 0. The van der Waals surface area contributed by atoms with E-state index in [1.165, 1.54) is 18.2 Å². The van der Waals surface area contributed by atoms with E-state index in [0.29, 0.717) is 19.3 Å². The van der Waals surface area contributed by atoms with E-state index < -0.39 is 23.7 Å². The smallest absolute Gasteiger partial charge is 0.362 e. The maximum absolute atomic E-state index is 13.6. The van der Waals surface area contributed by atoms with E-state index in [9.17, 15) is 23.1 Å². The molecule has 1 amide bonds. The van der Waals surface area contributed by atoms with Gasteiger partial charge in [0.2, 0.25) is 0 Å². The van der Waals surface area contributed by atoms with Gasteiger partial charge in [-0.15, -0.1) is 0 Å². The summed E-state index contributed by atoms with van der Waals surface area (Å²) < 4.78 is 40.8. The second-order valence-electron chi connectivity index (χ2n) is 5.71. The van der Waals surface area contributed by atoms with Crippen LogP contribution in [-0.4, -0.2) is 33.6 Å². The van der Waals surface area contributed by atoms with Crippen LogP contribution in [0.5, 0.6) is 0 Å². The van der Waals surface area contributed by atoms with Gasteiger partial charge in [-0.2, -0.15) is 23.3 Å². The highest BCUT2D eigenvalue weighted by molar-refractivity contribution is 6.33. The third-order valence-electron chi connectivity index (χ3n) is 4.33. The molecule has 4 nitrogen and oxygen atoms in total. The molecule has 1 fully saturated rings. The predicted octanol–water partition coefficient (Wildman–Crippen LogP) is 3.59. The number of nitrogens with zero attached hydrogens (tertiary/aromatic N) is 2. The van der Waals surface area contributed by atoms with Crippen molar-refractivity contribution in [2.45, 2.75) is 37.6 Å². The highest BCUT2D eigenvalue weighted by atomic mass is 35.5. The van der Waals surface area contributed by atoms with E-state index in [-0.39, 0.29) is 27.7 Å². The Morgan fingerprint density at radius 3 is 2.70 bits per heavy atom. The summed E-state index contributed by atoms with van der Waals surface area (Å²) in [6.45, 7) is 0. The number of hydrogen-bond acceptors (Lipinski definition) is 3. The van der Waals surface area contributed by atoms with Crippen LogP contribution in [0.15, 0.2) is 29.4 Å². The topological polar surface area (TPSA) is 52.9 Å². The third kappa shape index (κ3) is 2.42. The van der Waals surface area contributed by atoms with Crippen molar-refractivity contribution in [1.29, 1.82) is 0 Å². The molecule has 0 unspecified atom stereocenters. The number of carbonyl (C=O) groups excluding carboxylic acids is 1. The first-order chi connectivity index (χ1) is 10.8. The number of aliphatic hydroxyl groups is 1. The molecule has 1 heterocycles. The van der Waals surface area contributed by atoms with Crippen LogP contribution in [0.4, 0.5) is 13.2 Å². The summed E-state index contributed by atoms with van der Waals surface area (Å²) in [5, 5.41) is 14.4. The molecule has 124 valence electrons. The fourth-order valence-corrected chi connectivity index (χ4v) is 3.38. The molecule has 2 aliphatic rings. The van der Waals surface area contributed by atoms with Crippen LogP contribution in [0.25, 0.3) is 0 Å².